The van der Waals surface area contributed by atoms with E-state index in [1.807, 2.05) is 0 Å². The third-order valence-corrected chi connectivity index (χ3v) is 6.03. The third kappa shape index (κ3) is 2.28. The molecule has 1 aliphatic rings. The number of hydrogen-bond acceptors (Lipinski definition) is 4. The summed E-state index contributed by atoms with van der Waals surface area (Å²) in [4.78, 5) is 0. The molecule has 0 radical (unpaired) electrons. The van der Waals surface area contributed by atoms with Gasteiger partial charge in [-0.2, -0.15) is 0 Å². The molecule has 3 N–H and O–H groups in total. The van der Waals surface area contributed by atoms with Gasteiger partial charge in [-0.3, -0.25) is 0 Å². The van der Waals surface area contributed by atoms with Crippen molar-refractivity contribution < 1.29 is 17.9 Å². The molecule has 1 aliphatic heterocycles. The van der Waals surface area contributed by atoms with E-state index in [0.717, 1.165) is 0 Å². The van der Waals surface area contributed by atoms with Crippen molar-refractivity contribution in [3.8, 4) is 0 Å². The van der Waals surface area contributed by atoms with Gasteiger partial charge in [0, 0.05) is 17.5 Å². The Morgan fingerprint density at radius 3 is 2.58 bits per heavy atom. The number of rotatable bonds is 3. The van der Waals surface area contributed by atoms with Crippen LogP contribution in [0.15, 0.2) is 24.3 Å². The third-order valence-electron chi connectivity index (χ3n) is 4.21. The van der Waals surface area contributed by atoms with Gasteiger partial charge >= 0.3 is 0 Å². The van der Waals surface area contributed by atoms with E-state index in [4.69, 9.17) is 5.73 Å². The maximum absolute atomic E-state index is 13.9. The fraction of sp³-hybridized carbons (Fsp3) is 0.538. The van der Waals surface area contributed by atoms with Crippen LogP contribution in [0.2, 0.25) is 0 Å². The van der Waals surface area contributed by atoms with Crippen LogP contribution in [0, 0.1) is 11.2 Å². The molecular formula is C13H18FNO3S. The van der Waals surface area contributed by atoms with E-state index in [9.17, 15) is 17.9 Å². The maximum atomic E-state index is 13.9. The summed E-state index contributed by atoms with van der Waals surface area (Å²) in [5.41, 5.74) is 3.16. The molecule has 1 aromatic carbocycles. The summed E-state index contributed by atoms with van der Waals surface area (Å²) in [5.74, 6) is -0.781. The molecule has 0 bridgehead atoms. The maximum Gasteiger partial charge on any atom is 0.151 e. The van der Waals surface area contributed by atoms with Crippen molar-refractivity contribution in [3.63, 3.8) is 0 Å². The minimum Gasteiger partial charge on any atom is -0.385 e. The highest BCUT2D eigenvalue weighted by atomic mass is 32.2. The van der Waals surface area contributed by atoms with Crippen molar-refractivity contribution in [2.45, 2.75) is 18.9 Å². The lowest BCUT2D eigenvalue weighted by molar-refractivity contribution is -0.0608. The number of halogens is 1. The SMILES string of the molecule is CC(O)(c1ccccc1F)C1(CN)CCS(=O)(=O)C1. The van der Waals surface area contributed by atoms with E-state index in [0.29, 0.717) is 0 Å². The smallest absolute Gasteiger partial charge is 0.151 e. The van der Waals surface area contributed by atoms with Gasteiger partial charge in [-0.05, 0) is 19.4 Å². The van der Waals surface area contributed by atoms with E-state index in [-0.39, 0.29) is 30.0 Å². The van der Waals surface area contributed by atoms with Gasteiger partial charge in [0.2, 0.25) is 0 Å². The lowest BCUT2D eigenvalue weighted by Gasteiger charge is -2.41. The Morgan fingerprint density at radius 2 is 2.11 bits per heavy atom. The molecule has 106 valence electrons. The fourth-order valence-electron chi connectivity index (χ4n) is 2.80. The van der Waals surface area contributed by atoms with Gasteiger partial charge in [-0.1, -0.05) is 18.2 Å². The number of benzene rings is 1. The highest BCUT2D eigenvalue weighted by Crippen LogP contribution is 2.47. The summed E-state index contributed by atoms with van der Waals surface area (Å²) in [6.07, 6.45) is 0.243. The van der Waals surface area contributed by atoms with Gasteiger partial charge in [0.25, 0.3) is 0 Å². The number of nitrogens with two attached hydrogens (primary N) is 1. The van der Waals surface area contributed by atoms with Crippen LogP contribution in [-0.4, -0.2) is 31.6 Å². The Labute approximate surface area is 112 Å². The van der Waals surface area contributed by atoms with E-state index in [1.54, 1.807) is 6.07 Å². The Kier molecular flexibility index (Phi) is 3.45. The van der Waals surface area contributed by atoms with E-state index < -0.39 is 26.7 Å². The first-order chi connectivity index (χ1) is 8.74. The van der Waals surface area contributed by atoms with E-state index in [1.165, 1.54) is 25.1 Å². The predicted molar refractivity (Wildman–Crippen MR) is 70.7 cm³/mol. The minimum atomic E-state index is -3.23. The molecule has 1 aromatic rings. The van der Waals surface area contributed by atoms with Gasteiger partial charge in [0.1, 0.15) is 5.82 Å². The van der Waals surface area contributed by atoms with Crippen molar-refractivity contribution in [1.29, 1.82) is 0 Å². The molecule has 4 nitrogen and oxygen atoms in total. The summed E-state index contributed by atoms with van der Waals surface area (Å²) >= 11 is 0. The molecule has 1 fully saturated rings. The van der Waals surface area contributed by atoms with E-state index in [2.05, 4.69) is 0 Å². The highest BCUT2D eigenvalue weighted by molar-refractivity contribution is 7.91. The second-order valence-electron chi connectivity index (χ2n) is 5.38. The standard InChI is InChI=1S/C13H18FNO3S/c1-12(16,10-4-2-3-5-11(10)14)13(8-15)6-7-19(17,18)9-13/h2-5,16H,6-9,15H2,1H3. The summed E-state index contributed by atoms with van der Waals surface area (Å²) in [6, 6.07) is 5.85. The van der Waals surface area contributed by atoms with Crippen LogP contribution < -0.4 is 5.73 Å². The zero-order chi connectivity index (χ0) is 14.3. The van der Waals surface area contributed by atoms with Crippen molar-refractivity contribution in [2.75, 3.05) is 18.1 Å². The van der Waals surface area contributed by atoms with Crippen LogP contribution in [0.5, 0.6) is 0 Å². The molecule has 6 heteroatoms. The molecular weight excluding hydrogens is 269 g/mol. The predicted octanol–water partition coefficient (Wildman–Crippen LogP) is 0.797. The van der Waals surface area contributed by atoms with Crippen molar-refractivity contribution in [2.24, 2.45) is 11.1 Å². The minimum absolute atomic E-state index is 0.00638. The van der Waals surface area contributed by atoms with Gasteiger partial charge in [-0.25, -0.2) is 12.8 Å². The second-order valence-corrected chi connectivity index (χ2v) is 7.56. The first-order valence-electron chi connectivity index (χ1n) is 6.12. The summed E-state index contributed by atoms with van der Waals surface area (Å²) < 4.78 is 37.3. The summed E-state index contributed by atoms with van der Waals surface area (Å²) in [5, 5.41) is 10.8. The summed E-state index contributed by atoms with van der Waals surface area (Å²) in [6.45, 7) is 1.44. The lowest BCUT2D eigenvalue weighted by atomic mass is 9.69. The zero-order valence-electron chi connectivity index (χ0n) is 10.8. The number of hydrogen-bond donors (Lipinski definition) is 2. The van der Waals surface area contributed by atoms with Gasteiger partial charge in [-0.15, -0.1) is 0 Å². The molecule has 0 spiro atoms. The van der Waals surface area contributed by atoms with Crippen LogP contribution in [0.1, 0.15) is 18.9 Å². The Balaban J connectivity index is 2.52. The molecule has 0 saturated carbocycles. The molecule has 19 heavy (non-hydrogen) atoms. The van der Waals surface area contributed by atoms with Gasteiger partial charge < -0.3 is 10.8 Å². The van der Waals surface area contributed by atoms with Crippen LogP contribution in [-0.2, 0) is 15.4 Å². The van der Waals surface area contributed by atoms with Gasteiger partial charge in [0.05, 0.1) is 17.1 Å². The monoisotopic (exact) mass is 287 g/mol. The van der Waals surface area contributed by atoms with Crippen LogP contribution in [0.3, 0.4) is 0 Å². The Bertz CT molecular complexity index is 585. The lowest BCUT2D eigenvalue weighted by Crippen LogP contribution is -2.50. The summed E-state index contributed by atoms with van der Waals surface area (Å²) in [7, 11) is -3.23. The molecule has 2 rings (SSSR count). The average Bonchev–Trinajstić information content (AvgIpc) is 2.67. The Hall–Kier alpha value is -0.980. The Morgan fingerprint density at radius 1 is 1.47 bits per heavy atom. The number of aliphatic hydroxyl groups is 1. The van der Waals surface area contributed by atoms with Crippen molar-refractivity contribution in [1.82, 2.24) is 0 Å². The highest BCUT2D eigenvalue weighted by Gasteiger charge is 2.54. The normalized spacial score (nSPS) is 29.1. The first kappa shape index (κ1) is 14.4. The number of sulfone groups is 1. The molecule has 0 amide bonds. The van der Waals surface area contributed by atoms with Crippen LogP contribution >= 0.6 is 0 Å². The molecule has 1 saturated heterocycles. The van der Waals surface area contributed by atoms with E-state index >= 15 is 0 Å². The molecule has 2 unspecified atom stereocenters. The average molecular weight is 287 g/mol. The molecule has 1 heterocycles. The van der Waals surface area contributed by atoms with Gasteiger partial charge in [0.15, 0.2) is 9.84 Å². The zero-order valence-corrected chi connectivity index (χ0v) is 11.6. The van der Waals surface area contributed by atoms with Crippen LogP contribution in [0.25, 0.3) is 0 Å². The fourth-order valence-corrected chi connectivity index (χ4v) is 5.03. The molecule has 0 aliphatic carbocycles. The quantitative estimate of drug-likeness (QED) is 0.861. The molecule has 0 aromatic heterocycles. The largest absolute Gasteiger partial charge is 0.385 e. The first-order valence-corrected chi connectivity index (χ1v) is 7.94. The molecule has 2 atom stereocenters. The topological polar surface area (TPSA) is 80.4 Å². The second kappa shape index (κ2) is 4.54. The van der Waals surface area contributed by atoms with Crippen LogP contribution in [0.4, 0.5) is 4.39 Å². The van der Waals surface area contributed by atoms with Crippen molar-refractivity contribution in [3.05, 3.63) is 35.6 Å². The van der Waals surface area contributed by atoms with Crippen molar-refractivity contribution >= 4 is 9.84 Å².